The summed E-state index contributed by atoms with van der Waals surface area (Å²) in [5.41, 5.74) is 0. The number of esters is 1. The van der Waals surface area contributed by atoms with Gasteiger partial charge in [0.2, 0.25) is 5.91 Å². The predicted molar refractivity (Wildman–Crippen MR) is 65.3 cm³/mol. The summed E-state index contributed by atoms with van der Waals surface area (Å²) in [5.74, 6) is -0.378. The molecule has 0 aromatic heterocycles. The highest BCUT2D eigenvalue weighted by atomic mass is 16.5. The lowest BCUT2D eigenvalue weighted by atomic mass is 9.88. The molecule has 0 aromatic rings. The van der Waals surface area contributed by atoms with Gasteiger partial charge in [0.25, 0.3) is 0 Å². The van der Waals surface area contributed by atoms with E-state index in [1.165, 1.54) is 13.5 Å². The molecule has 1 atom stereocenters. The number of hydrogen-bond donors (Lipinski definition) is 1. The fourth-order valence-electron chi connectivity index (χ4n) is 2.18. The van der Waals surface area contributed by atoms with Crippen LogP contribution in [0.15, 0.2) is 12.7 Å². The molecule has 0 spiro atoms. The average Bonchev–Trinajstić information content (AvgIpc) is 2.38. The molecule has 1 fully saturated rings. The Morgan fingerprint density at radius 3 is 2.59 bits per heavy atom. The Balaban J connectivity index is 2.50. The van der Waals surface area contributed by atoms with Crippen molar-refractivity contribution in [3.8, 4) is 0 Å². The van der Waals surface area contributed by atoms with E-state index in [2.05, 4.69) is 16.6 Å². The van der Waals surface area contributed by atoms with E-state index in [1.54, 1.807) is 6.08 Å². The summed E-state index contributed by atoms with van der Waals surface area (Å²) < 4.78 is 4.65. The molecule has 4 heteroatoms. The van der Waals surface area contributed by atoms with Crippen molar-refractivity contribution in [1.82, 2.24) is 5.32 Å². The van der Waals surface area contributed by atoms with Gasteiger partial charge in [-0.3, -0.25) is 4.79 Å². The summed E-state index contributed by atoms with van der Waals surface area (Å²) in [6.45, 7) is 3.58. The number of rotatable bonds is 5. The smallest absolute Gasteiger partial charge is 0.328 e. The molecule has 1 aliphatic rings. The Bertz CT molecular complexity index is 282. The van der Waals surface area contributed by atoms with Gasteiger partial charge < -0.3 is 10.1 Å². The van der Waals surface area contributed by atoms with Crippen molar-refractivity contribution in [2.75, 3.05) is 7.11 Å². The van der Waals surface area contributed by atoms with Crippen LogP contribution in [0.4, 0.5) is 0 Å². The van der Waals surface area contributed by atoms with E-state index in [9.17, 15) is 9.59 Å². The van der Waals surface area contributed by atoms with Gasteiger partial charge in [-0.1, -0.05) is 25.3 Å². The van der Waals surface area contributed by atoms with Crippen LogP contribution >= 0.6 is 0 Å². The molecule has 0 heterocycles. The van der Waals surface area contributed by atoms with Gasteiger partial charge in [0.05, 0.1) is 7.11 Å². The van der Waals surface area contributed by atoms with Gasteiger partial charge in [0.1, 0.15) is 6.04 Å². The number of carbonyl (C=O) groups is 2. The summed E-state index contributed by atoms with van der Waals surface area (Å²) >= 11 is 0. The van der Waals surface area contributed by atoms with Crippen molar-refractivity contribution < 1.29 is 14.3 Å². The molecule has 0 bridgehead atoms. The van der Waals surface area contributed by atoms with E-state index in [0.29, 0.717) is 6.42 Å². The van der Waals surface area contributed by atoms with E-state index in [-0.39, 0.29) is 11.8 Å². The molecule has 0 aromatic carbocycles. The molecular formula is C13H21NO3. The minimum Gasteiger partial charge on any atom is -0.467 e. The molecule has 0 saturated heterocycles. The number of ether oxygens (including phenoxy) is 1. The first-order valence-electron chi connectivity index (χ1n) is 6.18. The standard InChI is InChI=1S/C13H21NO3/c1-3-7-11(13(16)17-2)14-12(15)10-8-5-4-6-9-10/h3,10-11H,1,4-9H2,2H3,(H,14,15)/t11-/m0/s1. The highest BCUT2D eigenvalue weighted by molar-refractivity contribution is 5.85. The van der Waals surface area contributed by atoms with E-state index in [4.69, 9.17) is 0 Å². The van der Waals surface area contributed by atoms with Crippen molar-refractivity contribution in [1.29, 1.82) is 0 Å². The lowest BCUT2D eigenvalue weighted by Gasteiger charge is -2.23. The van der Waals surface area contributed by atoms with Gasteiger partial charge in [0, 0.05) is 5.92 Å². The summed E-state index contributed by atoms with van der Waals surface area (Å²) in [6.07, 6.45) is 7.28. The van der Waals surface area contributed by atoms with E-state index < -0.39 is 12.0 Å². The Morgan fingerprint density at radius 2 is 2.06 bits per heavy atom. The zero-order chi connectivity index (χ0) is 12.7. The Labute approximate surface area is 102 Å². The van der Waals surface area contributed by atoms with Crippen LogP contribution < -0.4 is 5.32 Å². The number of methoxy groups -OCH3 is 1. The highest BCUT2D eigenvalue weighted by Crippen LogP contribution is 2.23. The second kappa shape index (κ2) is 7.09. The first-order chi connectivity index (χ1) is 8.19. The zero-order valence-electron chi connectivity index (χ0n) is 10.4. The van der Waals surface area contributed by atoms with E-state index in [1.807, 2.05) is 0 Å². The average molecular weight is 239 g/mol. The fraction of sp³-hybridized carbons (Fsp3) is 0.692. The third-order valence-electron chi connectivity index (χ3n) is 3.18. The molecule has 17 heavy (non-hydrogen) atoms. The third kappa shape index (κ3) is 4.21. The molecule has 4 nitrogen and oxygen atoms in total. The second-order valence-electron chi connectivity index (χ2n) is 4.44. The van der Waals surface area contributed by atoms with Gasteiger partial charge in [-0.05, 0) is 19.3 Å². The lowest BCUT2D eigenvalue weighted by Crippen LogP contribution is -2.44. The summed E-state index contributed by atoms with van der Waals surface area (Å²) in [6, 6.07) is -0.591. The number of amides is 1. The van der Waals surface area contributed by atoms with E-state index >= 15 is 0 Å². The molecule has 1 saturated carbocycles. The first-order valence-corrected chi connectivity index (χ1v) is 6.18. The molecule has 0 aliphatic heterocycles. The zero-order valence-corrected chi connectivity index (χ0v) is 10.4. The van der Waals surface area contributed by atoms with Crippen molar-refractivity contribution in [3.05, 3.63) is 12.7 Å². The molecule has 0 unspecified atom stereocenters. The topological polar surface area (TPSA) is 55.4 Å². The molecule has 1 N–H and O–H groups in total. The van der Waals surface area contributed by atoms with Crippen LogP contribution in [0.1, 0.15) is 38.5 Å². The molecule has 1 rings (SSSR count). The van der Waals surface area contributed by atoms with Gasteiger partial charge in [-0.2, -0.15) is 0 Å². The highest BCUT2D eigenvalue weighted by Gasteiger charge is 2.26. The minimum atomic E-state index is -0.591. The van der Waals surface area contributed by atoms with Crippen LogP contribution in [0.5, 0.6) is 0 Å². The Kier molecular flexibility index (Phi) is 5.73. The fourth-order valence-corrected chi connectivity index (χ4v) is 2.18. The molecule has 1 amide bonds. The number of carbonyl (C=O) groups excluding carboxylic acids is 2. The van der Waals surface area contributed by atoms with Gasteiger partial charge in [0.15, 0.2) is 0 Å². The van der Waals surface area contributed by atoms with Gasteiger partial charge in [-0.15, -0.1) is 6.58 Å². The number of nitrogens with one attached hydrogen (secondary N) is 1. The monoisotopic (exact) mass is 239 g/mol. The summed E-state index contributed by atoms with van der Waals surface area (Å²) in [7, 11) is 1.32. The Hall–Kier alpha value is -1.32. The maximum atomic E-state index is 12.0. The van der Waals surface area contributed by atoms with Crippen LogP contribution in [-0.2, 0) is 14.3 Å². The quantitative estimate of drug-likeness (QED) is 0.588. The number of hydrogen-bond acceptors (Lipinski definition) is 3. The molecular weight excluding hydrogens is 218 g/mol. The Morgan fingerprint density at radius 1 is 1.41 bits per heavy atom. The normalized spacial score (nSPS) is 18.2. The molecule has 0 radical (unpaired) electrons. The SMILES string of the molecule is C=CC[C@H](NC(=O)C1CCCCC1)C(=O)OC. The summed E-state index contributed by atoms with van der Waals surface area (Å²) in [5, 5.41) is 2.75. The lowest BCUT2D eigenvalue weighted by molar-refractivity contribution is -0.145. The summed E-state index contributed by atoms with van der Waals surface area (Å²) in [4.78, 5) is 23.4. The van der Waals surface area contributed by atoms with Gasteiger partial charge >= 0.3 is 5.97 Å². The van der Waals surface area contributed by atoms with Crippen LogP contribution in [0.2, 0.25) is 0 Å². The van der Waals surface area contributed by atoms with Crippen LogP contribution in [0, 0.1) is 5.92 Å². The maximum absolute atomic E-state index is 12.0. The molecule has 1 aliphatic carbocycles. The van der Waals surface area contributed by atoms with Crippen LogP contribution in [-0.4, -0.2) is 25.0 Å². The van der Waals surface area contributed by atoms with Crippen LogP contribution in [0.25, 0.3) is 0 Å². The second-order valence-corrected chi connectivity index (χ2v) is 4.44. The first kappa shape index (κ1) is 13.7. The van der Waals surface area contributed by atoms with E-state index in [0.717, 1.165) is 25.7 Å². The van der Waals surface area contributed by atoms with Gasteiger partial charge in [-0.25, -0.2) is 4.79 Å². The van der Waals surface area contributed by atoms with Crippen molar-refractivity contribution >= 4 is 11.9 Å². The predicted octanol–water partition coefficient (Wildman–Crippen LogP) is 1.80. The maximum Gasteiger partial charge on any atom is 0.328 e. The minimum absolute atomic E-state index is 0.0260. The third-order valence-corrected chi connectivity index (χ3v) is 3.18. The molecule has 96 valence electrons. The van der Waals surface area contributed by atoms with Crippen molar-refractivity contribution in [2.24, 2.45) is 5.92 Å². The van der Waals surface area contributed by atoms with Crippen molar-refractivity contribution in [3.63, 3.8) is 0 Å². The van der Waals surface area contributed by atoms with Crippen LogP contribution in [0.3, 0.4) is 0 Å². The van der Waals surface area contributed by atoms with Crippen molar-refractivity contribution in [2.45, 2.75) is 44.6 Å². The largest absolute Gasteiger partial charge is 0.467 e.